The van der Waals surface area contributed by atoms with Gasteiger partial charge in [0.1, 0.15) is 5.82 Å². The number of nitrogens with zero attached hydrogens (tertiary/aromatic N) is 3. The highest BCUT2D eigenvalue weighted by atomic mass is 16.2. The Balaban J connectivity index is 1.65. The van der Waals surface area contributed by atoms with Gasteiger partial charge in [0, 0.05) is 24.1 Å². The number of nitrogens with one attached hydrogen (secondary N) is 1. The number of likely N-dealkylation sites (tertiary alicyclic amines) is 1. The van der Waals surface area contributed by atoms with Crippen LogP contribution in [0.5, 0.6) is 0 Å². The lowest BCUT2D eigenvalue weighted by molar-refractivity contribution is 0.147. The number of anilines is 1. The molecule has 2 aliphatic rings. The zero-order valence-electron chi connectivity index (χ0n) is 15.9. The summed E-state index contributed by atoms with van der Waals surface area (Å²) in [5.74, 6) is 1.91. The summed E-state index contributed by atoms with van der Waals surface area (Å²) in [6.07, 6.45) is 4.65. The average Bonchev–Trinajstić information content (AvgIpc) is 3.43. The molecule has 5 heteroatoms. The molecule has 1 saturated heterocycles. The molecule has 1 saturated carbocycles. The average molecular weight is 352 g/mol. The normalized spacial score (nSPS) is 23.1. The van der Waals surface area contributed by atoms with Crippen molar-refractivity contribution in [1.82, 2.24) is 14.7 Å². The zero-order chi connectivity index (χ0) is 18.3. The van der Waals surface area contributed by atoms with E-state index in [-0.39, 0.29) is 12.1 Å². The van der Waals surface area contributed by atoms with E-state index in [1.54, 1.807) is 0 Å². The first-order chi connectivity index (χ1) is 12.5. The lowest BCUT2D eigenvalue weighted by atomic mass is 9.95. The van der Waals surface area contributed by atoms with E-state index in [2.05, 4.69) is 26.1 Å². The van der Waals surface area contributed by atoms with Crippen LogP contribution in [0.15, 0.2) is 30.3 Å². The van der Waals surface area contributed by atoms with Gasteiger partial charge in [-0.25, -0.2) is 9.48 Å². The molecule has 2 atom stereocenters. The Morgan fingerprint density at radius 3 is 2.54 bits per heavy atom. The molecule has 4 rings (SSSR count). The molecule has 1 N–H and O–H groups in total. The molecular formula is C21H28N4O. The number of piperidine rings is 1. The molecule has 1 aliphatic carbocycles. The van der Waals surface area contributed by atoms with Gasteiger partial charge in [0.15, 0.2) is 0 Å². The molecule has 1 aliphatic heterocycles. The summed E-state index contributed by atoms with van der Waals surface area (Å²) in [5.41, 5.74) is 3.21. The van der Waals surface area contributed by atoms with Gasteiger partial charge in [-0.05, 0) is 57.6 Å². The summed E-state index contributed by atoms with van der Waals surface area (Å²) in [6, 6.07) is 10.3. The van der Waals surface area contributed by atoms with Crippen molar-refractivity contribution >= 4 is 11.8 Å². The van der Waals surface area contributed by atoms with Gasteiger partial charge in [-0.15, -0.1) is 0 Å². The molecule has 0 unspecified atom stereocenters. The first kappa shape index (κ1) is 17.1. The SMILES string of the molecule is Cc1c(C2CC2)nn(-c2ccccc2)c1NC(=O)N1C[C@@H](C)CC[C@H]1C. The molecule has 2 amide bonds. The Hall–Kier alpha value is -2.30. The fraction of sp³-hybridized carbons (Fsp3) is 0.524. The molecule has 2 heterocycles. The molecule has 1 aromatic heterocycles. The fourth-order valence-corrected chi connectivity index (χ4v) is 3.90. The number of aromatic nitrogens is 2. The molecule has 0 spiro atoms. The van der Waals surface area contributed by atoms with Crippen molar-refractivity contribution < 1.29 is 4.79 Å². The van der Waals surface area contributed by atoms with E-state index in [0.29, 0.717) is 11.8 Å². The number of amides is 2. The number of carbonyl (C=O) groups is 1. The van der Waals surface area contributed by atoms with Crippen LogP contribution in [0.2, 0.25) is 0 Å². The van der Waals surface area contributed by atoms with Crippen molar-refractivity contribution in [1.29, 1.82) is 0 Å². The van der Waals surface area contributed by atoms with Gasteiger partial charge in [-0.1, -0.05) is 25.1 Å². The van der Waals surface area contributed by atoms with Gasteiger partial charge < -0.3 is 4.90 Å². The summed E-state index contributed by atoms with van der Waals surface area (Å²) >= 11 is 0. The maximum atomic E-state index is 13.0. The predicted octanol–water partition coefficient (Wildman–Crippen LogP) is 4.71. The smallest absolute Gasteiger partial charge is 0.322 e. The van der Waals surface area contributed by atoms with Crippen LogP contribution >= 0.6 is 0 Å². The zero-order valence-corrected chi connectivity index (χ0v) is 15.9. The summed E-state index contributed by atoms with van der Waals surface area (Å²) in [4.78, 5) is 15.0. The van der Waals surface area contributed by atoms with E-state index in [4.69, 9.17) is 5.10 Å². The molecular weight excluding hydrogens is 324 g/mol. The fourth-order valence-electron chi connectivity index (χ4n) is 3.90. The maximum absolute atomic E-state index is 13.0. The third-order valence-corrected chi connectivity index (χ3v) is 5.73. The Labute approximate surface area is 155 Å². The molecule has 2 aromatic rings. The van der Waals surface area contributed by atoms with Gasteiger partial charge >= 0.3 is 6.03 Å². The van der Waals surface area contributed by atoms with Crippen molar-refractivity contribution in [3.63, 3.8) is 0 Å². The highest BCUT2D eigenvalue weighted by Crippen LogP contribution is 2.43. The van der Waals surface area contributed by atoms with Crippen molar-refractivity contribution in [2.45, 2.75) is 58.4 Å². The van der Waals surface area contributed by atoms with Crippen LogP contribution in [0.4, 0.5) is 10.6 Å². The van der Waals surface area contributed by atoms with Gasteiger partial charge in [0.25, 0.3) is 0 Å². The molecule has 5 nitrogen and oxygen atoms in total. The van der Waals surface area contributed by atoms with Crippen molar-refractivity contribution in [3.8, 4) is 5.69 Å². The summed E-state index contributed by atoms with van der Waals surface area (Å²) in [5, 5.41) is 8.05. The Morgan fingerprint density at radius 1 is 1.12 bits per heavy atom. The first-order valence-electron chi connectivity index (χ1n) is 9.77. The second-order valence-electron chi connectivity index (χ2n) is 7.99. The Morgan fingerprint density at radius 2 is 1.85 bits per heavy atom. The summed E-state index contributed by atoms with van der Waals surface area (Å²) < 4.78 is 1.90. The number of hydrogen-bond acceptors (Lipinski definition) is 2. The third kappa shape index (κ3) is 3.22. The van der Waals surface area contributed by atoms with Gasteiger partial charge in [-0.2, -0.15) is 5.10 Å². The lowest BCUT2D eigenvalue weighted by Gasteiger charge is -2.36. The Bertz CT molecular complexity index is 794. The topological polar surface area (TPSA) is 50.2 Å². The monoisotopic (exact) mass is 352 g/mol. The van der Waals surface area contributed by atoms with Gasteiger partial charge in [0.2, 0.25) is 0 Å². The molecule has 26 heavy (non-hydrogen) atoms. The highest BCUT2D eigenvalue weighted by Gasteiger charge is 2.32. The van der Waals surface area contributed by atoms with E-state index in [9.17, 15) is 4.79 Å². The van der Waals surface area contributed by atoms with Crippen LogP contribution < -0.4 is 5.32 Å². The van der Waals surface area contributed by atoms with E-state index < -0.39 is 0 Å². The van der Waals surface area contributed by atoms with Gasteiger partial charge in [0.05, 0.1) is 11.4 Å². The largest absolute Gasteiger partial charge is 0.323 e. The molecule has 0 radical (unpaired) electrons. The number of para-hydroxylation sites is 1. The van der Waals surface area contributed by atoms with Crippen LogP contribution in [0, 0.1) is 12.8 Å². The van der Waals surface area contributed by atoms with Crippen LogP contribution in [0.1, 0.15) is 56.7 Å². The summed E-state index contributed by atoms with van der Waals surface area (Å²) in [7, 11) is 0. The maximum Gasteiger partial charge on any atom is 0.323 e. The lowest BCUT2D eigenvalue weighted by Crippen LogP contribution is -2.47. The predicted molar refractivity (Wildman–Crippen MR) is 104 cm³/mol. The quantitative estimate of drug-likeness (QED) is 0.869. The summed E-state index contributed by atoms with van der Waals surface area (Å²) in [6.45, 7) is 7.26. The highest BCUT2D eigenvalue weighted by molar-refractivity contribution is 5.90. The second-order valence-corrected chi connectivity index (χ2v) is 7.99. The minimum atomic E-state index is -0.00780. The van der Waals surface area contributed by atoms with E-state index in [1.165, 1.54) is 19.3 Å². The van der Waals surface area contributed by atoms with E-state index in [0.717, 1.165) is 35.7 Å². The third-order valence-electron chi connectivity index (χ3n) is 5.73. The standard InChI is InChI=1S/C21H28N4O/c1-14-9-10-15(2)24(13-14)21(26)22-20-16(3)19(17-11-12-17)23-25(20)18-7-5-4-6-8-18/h4-8,14-15,17H,9-13H2,1-3H3,(H,22,26)/t14-,15+/m0/s1. The minimum Gasteiger partial charge on any atom is -0.322 e. The van der Waals surface area contributed by atoms with Crippen LogP contribution in [0.3, 0.4) is 0 Å². The number of carbonyl (C=O) groups excluding carboxylic acids is 1. The van der Waals surface area contributed by atoms with Crippen molar-refractivity contribution in [2.75, 3.05) is 11.9 Å². The second kappa shape index (κ2) is 6.78. The molecule has 2 fully saturated rings. The number of hydrogen-bond donors (Lipinski definition) is 1. The van der Waals surface area contributed by atoms with Crippen LogP contribution in [0.25, 0.3) is 5.69 Å². The van der Waals surface area contributed by atoms with Crippen LogP contribution in [-0.2, 0) is 0 Å². The molecule has 1 aromatic carbocycles. The number of urea groups is 1. The van der Waals surface area contributed by atoms with E-state index >= 15 is 0 Å². The molecule has 138 valence electrons. The first-order valence-corrected chi connectivity index (χ1v) is 9.77. The Kier molecular flexibility index (Phi) is 4.47. The van der Waals surface area contributed by atoms with E-state index in [1.807, 2.05) is 39.9 Å². The van der Waals surface area contributed by atoms with Crippen molar-refractivity contribution in [2.24, 2.45) is 5.92 Å². The number of rotatable bonds is 3. The van der Waals surface area contributed by atoms with Crippen molar-refractivity contribution in [3.05, 3.63) is 41.6 Å². The minimum absolute atomic E-state index is 0.00780. The van der Waals surface area contributed by atoms with Crippen LogP contribution in [-0.4, -0.2) is 33.3 Å². The number of benzene rings is 1. The molecule has 0 bridgehead atoms. The van der Waals surface area contributed by atoms with Gasteiger partial charge in [-0.3, -0.25) is 5.32 Å².